The number of carbonyl (C=O) groups is 1. The van der Waals surface area contributed by atoms with Gasteiger partial charge in [-0.1, -0.05) is 12.1 Å². The van der Waals surface area contributed by atoms with Crippen molar-refractivity contribution in [1.82, 2.24) is 14.8 Å². The SMILES string of the molecule is COC(=O)c1ccc(C2CCC(C(F)(F)F)Cc3c2c(-c2ccccn2)nn3C)c(C)c1. The number of carbonyl (C=O) groups excluding carboxylic acids is 1. The highest BCUT2D eigenvalue weighted by Crippen LogP contribution is 2.46. The second kappa shape index (κ2) is 8.41. The van der Waals surface area contributed by atoms with Gasteiger partial charge in [0.15, 0.2) is 0 Å². The Hall–Kier alpha value is -3.16. The number of halogens is 3. The lowest BCUT2D eigenvalue weighted by Gasteiger charge is -2.21. The maximum absolute atomic E-state index is 13.8. The van der Waals surface area contributed by atoms with Crippen molar-refractivity contribution in [2.75, 3.05) is 7.11 Å². The number of hydrogen-bond donors (Lipinski definition) is 0. The molecule has 5 nitrogen and oxygen atoms in total. The van der Waals surface area contributed by atoms with Gasteiger partial charge in [0, 0.05) is 36.8 Å². The number of ether oxygens (including phenoxy) is 1. The number of aryl methyl sites for hydroxylation is 2. The summed E-state index contributed by atoms with van der Waals surface area (Å²) in [4.78, 5) is 16.3. The molecular formula is C24H24F3N3O2. The number of methoxy groups -OCH3 is 1. The molecular weight excluding hydrogens is 419 g/mol. The number of alkyl halides is 3. The molecule has 0 saturated carbocycles. The molecule has 168 valence electrons. The molecule has 0 radical (unpaired) electrons. The first-order chi connectivity index (χ1) is 15.2. The first-order valence-corrected chi connectivity index (χ1v) is 10.4. The fourth-order valence-corrected chi connectivity index (χ4v) is 4.63. The molecule has 0 fully saturated rings. The van der Waals surface area contributed by atoms with Gasteiger partial charge < -0.3 is 4.74 Å². The predicted molar refractivity (Wildman–Crippen MR) is 113 cm³/mol. The average molecular weight is 443 g/mol. The third-order valence-electron chi connectivity index (χ3n) is 6.24. The minimum absolute atomic E-state index is 0.0166. The van der Waals surface area contributed by atoms with E-state index in [-0.39, 0.29) is 18.8 Å². The highest BCUT2D eigenvalue weighted by Gasteiger charge is 2.43. The Morgan fingerprint density at radius 2 is 1.97 bits per heavy atom. The van der Waals surface area contributed by atoms with Gasteiger partial charge in [0.1, 0.15) is 5.69 Å². The molecule has 3 aromatic rings. The van der Waals surface area contributed by atoms with Crippen molar-refractivity contribution in [1.29, 1.82) is 0 Å². The van der Waals surface area contributed by atoms with Crippen molar-refractivity contribution in [3.05, 3.63) is 70.5 Å². The van der Waals surface area contributed by atoms with E-state index in [1.54, 1.807) is 36.1 Å². The topological polar surface area (TPSA) is 57.0 Å². The summed E-state index contributed by atoms with van der Waals surface area (Å²) < 4.78 is 47.7. The summed E-state index contributed by atoms with van der Waals surface area (Å²) in [6.07, 6.45) is -2.42. The number of esters is 1. The van der Waals surface area contributed by atoms with Crippen LogP contribution in [0.2, 0.25) is 0 Å². The normalized spacial score (nSPS) is 18.7. The second-order valence-electron chi connectivity index (χ2n) is 8.18. The van der Waals surface area contributed by atoms with Crippen LogP contribution in [-0.4, -0.2) is 34.0 Å². The Kier molecular flexibility index (Phi) is 5.79. The van der Waals surface area contributed by atoms with Crippen molar-refractivity contribution >= 4 is 5.97 Å². The fourth-order valence-electron chi connectivity index (χ4n) is 4.63. The van der Waals surface area contributed by atoms with Crippen molar-refractivity contribution in [2.24, 2.45) is 13.0 Å². The summed E-state index contributed by atoms with van der Waals surface area (Å²) in [6, 6.07) is 10.7. The number of rotatable bonds is 3. The Morgan fingerprint density at radius 3 is 2.59 bits per heavy atom. The van der Waals surface area contributed by atoms with Crippen LogP contribution in [0.5, 0.6) is 0 Å². The van der Waals surface area contributed by atoms with Gasteiger partial charge in [-0.15, -0.1) is 0 Å². The molecule has 0 saturated heterocycles. The van der Waals surface area contributed by atoms with Crippen molar-refractivity contribution in [3.63, 3.8) is 0 Å². The summed E-state index contributed by atoms with van der Waals surface area (Å²) in [7, 11) is 3.00. The number of aromatic nitrogens is 3. The molecule has 32 heavy (non-hydrogen) atoms. The van der Waals surface area contributed by atoms with Crippen LogP contribution in [0.15, 0.2) is 42.6 Å². The molecule has 0 bridgehead atoms. The number of hydrogen-bond acceptors (Lipinski definition) is 4. The standard InChI is InChI=1S/C24H24F3N3O2/c1-14-12-15(23(31)32-3)7-9-17(14)18-10-8-16(24(25,26)27)13-20-21(18)22(29-30(20)2)19-6-4-5-11-28-19/h4-7,9,11-12,16,18H,8,10,13H2,1-3H3. The lowest BCUT2D eigenvalue weighted by atomic mass is 9.83. The number of pyridine rings is 1. The van der Waals surface area contributed by atoms with Gasteiger partial charge in [-0.05, 0) is 55.2 Å². The van der Waals surface area contributed by atoms with Crippen LogP contribution < -0.4 is 0 Å². The molecule has 2 aromatic heterocycles. The van der Waals surface area contributed by atoms with E-state index in [1.807, 2.05) is 25.1 Å². The van der Waals surface area contributed by atoms with Gasteiger partial charge in [-0.2, -0.15) is 18.3 Å². The third kappa shape index (κ3) is 4.01. The molecule has 0 N–H and O–H groups in total. The minimum atomic E-state index is -4.29. The number of fused-ring (bicyclic) bond motifs is 1. The number of benzene rings is 1. The highest BCUT2D eigenvalue weighted by atomic mass is 19.4. The van der Waals surface area contributed by atoms with Crippen LogP contribution in [0.3, 0.4) is 0 Å². The van der Waals surface area contributed by atoms with E-state index in [0.29, 0.717) is 29.1 Å². The molecule has 4 rings (SSSR count). The van der Waals surface area contributed by atoms with Crippen LogP contribution in [0.4, 0.5) is 13.2 Å². The van der Waals surface area contributed by atoms with Crippen LogP contribution in [-0.2, 0) is 18.2 Å². The van der Waals surface area contributed by atoms with Crippen LogP contribution in [0.25, 0.3) is 11.4 Å². The second-order valence-corrected chi connectivity index (χ2v) is 8.18. The average Bonchev–Trinajstić information content (AvgIpc) is 2.95. The monoisotopic (exact) mass is 443 g/mol. The first-order valence-electron chi connectivity index (χ1n) is 10.4. The van der Waals surface area contributed by atoms with Gasteiger partial charge in [0.2, 0.25) is 0 Å². The highest BCUT2D eigenvalue weighted by molar-refractivity contribution is 5.89. The van der Waals surface area contributed by atoms with Crippen molar-refractivity contribution in [3.8, 4) is 11.4 Å². The molecule has 0 spiro atoms. The zero-order valence-corrected chi connectivity index (χ0v) is 18.1. The van der Waals surface area contributed by atoms with E-state index in [9.17, 15) is 18.0 Å². The molecule has 2 atom stereocenters. The van der Waals surface area contributed by atoms with Crippen LogP contribution in [0, 0.1) is 12.8 Å². The van der Waals surface area contributed by atoms with Crippen molar-refractivity contribution in [2.45, 2.75) is 38.3 Å². The van der Waals surface area contributed by atoms with E-state index < -0.39 is 18.1 Å². The molecule has 0 aliphatic heterocycles. The summed E-state index contributed by atoms with van der Waals surface area (Å²) in [5.41, 5.74) is 4.71. The number of nitrogens with zero attached hydrogens (tertiary/aromatic N) is 3. The molecule has 2 heterocycles. The lowest BCUT2D eigenvalue weighted by Crippen LogP contribution is -2.25. The van der Waals surface area contributed by atoms with Gasteiger partial charge in [-0.3, -0.25) is 9.67 Å². The maximum Gasteiger partial charge on any atom is 0.392 e. The molecule has 8 heteroatoms. The zero-order chi connectivity index (χ0) is 23.0. The van der Waals surface area contributed by atoms with E-state index in [0.717, 1.165) is 16.7 Å². The largest absolute Gasteiger partial charge is 0.465 e. The Balaban J connectivity index is 1.89. The quantitative estimate of drug-likeness (QED) is 0.411. The summed E-state index contributed by atoms with van der Waals surface area (Å²) in [5.74, 6) is -2.18. The molecule has 1 aromatic carbocycles. The van der Waals surface area contributed by atoms with E-state index in [2.05, 4.69) is 10.1 Å². The lowest BCUT2D eigenvalue weighted by molar-refractivity contribution is -0.176. The van der Waals surface area contributed by atoms with E-state index in [4.69, 9.17) is 4.74 Å². The van der Waals surface area contributed by atoms with Gasteiger partial charge >= 0.3 is 12.1 Å². The van der Waals surface area contributed by atoms with Crippen molar-refractivity contribution < 1.29 is 22.7 Å². The van der Waals surface area contributed by atoms with Crippen LogP contribution in [0.1, 0.15) is 51.5 Å². The fraction of sp³-hybridized carbons (Fsp3) is 0.375. The minimum Gasteiger partial charge on any atom is -0.465 e. The Morgan fingerprint density at radius 1 is 1.19 bits per heavy atom. The van der Waals surface area contributed by atoms with Gasteiger partial charge in [0.25, 0.3) is 0 Å². The maximum atomic E-state index is 13.8. The predicted octanol–water partition coefficient (Wildman–Crippen LogP) is 5.22. The smallest absolute Gasteiger partial charge is 0.392 e. The van der Waals surface area contributed by atoms with Gasteiger partial charge in [0.05, 0.1) is 24.3 Å². The zero-order valence-electron chi connectivity index (χ0n) is 18.1. The third-order valence-corrected chi connectivity index (χ3v) is 6.24. The summed E-state index contributed by atoms with van der Waals surface area (Å²) in [5, 5.41) is 4.60. The van der Waals surface area contributed by atoms with Gasteiger partial charge in [-0.25, -0.2) is 4.79 Å². The molecule has 0 amide bonds. The van der Waals surface area contributed by atoms with Crippen LogP contribution >= 0.6 is 0 Å². The van der Waals surface area contributed by atoms with E-state index >= 15 is 0 Å². The Bertz CT molecular complexity index is 1140. The summed E-state index contributed by atoms with van der Waals surface area (Å²) in [6.45, 7) is 1.87. The Labute approximate surface area is 184 Å². The molecule has 2 unspecified atom stereocenters. The molecule has 1 aliphatic rings. The first kappa shape index (κ1) is 22.0. The van der Waals surface area contributed by atoms with E-state index in [1.165, 1.54) is 7.11 Å². The summed E-state index contributed by atoms with van der Waals surface area (Å²) >= 11 is 0. The molecule has 1 aliphatic carbocycles.